The number of hydrogen-bond acceptors (Lipinski definition) is 4. The number of nitrogens with zero attached hydrogens (tertiary/aromatic N) is 1. The molecule has 0 saturated carbocycles. The molecule has 3 N–H and O–H groups in total. The summed E-state index contributed by atoms with van der Waals surface area (Å²) < 4.78 is 0. The molecule has 0 amide bonds. The molecule has 0 aliphatic carbocycles. The fourth-order valence-corrected chi connectivity index (χ4v) is 2.98. The van der Waals surface area contributed by atoms with Crippen molar-refractivity contribution in [2.75, 3.05) is 31.1 Å². The molecular formula is C15H24N4. The topological polar surface area (TPSA) is 39.3 Å². The number of hydrazine groups is 1. The molecule has 1 aromatic rings. The van der Waals surface area contributed by atoms with E-state index in [1.807, 2.05) is 0 Å². The first-order valence-electron chi connectivity index (χ1n) is 7.32. The van der Waals surface area contributed by atoms with Crippen molar-refractivity contribution in [3.05, 3.63) is 29.8 Å². The van der Waals surface area contributed by atoms with Crippen LogP contribution in [0.2, 0.25) is 0 Å². The first-order chi connectivity index (χ1) is 9.25. The lowest BCUT2D eigenvalue weighted by molar-refractivity contribution is 0.475. The van der Waals surface area contributed by atoms with Crippen LogP contribution >= 0.6 is 0 Å². The van der Waals surface area contributed by atoms with Gasteiger partial charge in [-0.15, -0.1) is 0 Å². The van der Waals surface area contributed by atoms with Crippen LogP contribution in [-0.4, -0.2) is 32.2 Å². The summed E-state index contributed by atoms with van der Waals surface area (Å²) in [5.74, 6) is 0.616. The van der Waals surface area contributed by atoms with Crippen molar-refractivity contribution < 1.29 is 0 Å². The second-order valence-corrected chi connectivity index (χ2v) is 5.74. The van der Waals surface area contributed by atoms with Gasteiger partial charge in [0.15, 0.2) is 0 Å². The zero-order valence-corrected chi connectivity index (χ0v) is 11.8. The third-order valence-electron chi connectivity index (χ3n) is 4.52. The van der Waals surface area contributed by atoms with Crippen molar-refractivity contribution in [2.24, 2.45) is 5.92 Å². The maximum Gasteiger partial charge on any atom is 0.0503 e. The zero-order chi connectivity index (χ0) is 13.2. The van der Waals surface area contributed by atoms with Gasteiger partial charge in [-0.2, -0.15) is 0 Å². The molecule has 3 unspecified atom stereocenters. The van der Waals surface area contributed by atoms with E-state index in [4.69, 9.17) is 0 Å². The van der Waals surface area contributed by atoms with Crippen LogP contribution in [0.1, 0.15) is 25.5 Å². The standard InChI is InChI=1S/C15H24N4/c1-11-12(2)17-18-15(11)13-3-5-14(6-4-13)19-9-7-16-8-10-19/h3-6,11-12,15-18H,7-10H2,1-2H3. The number of hydrogen-bond donors (Lipinski definition) is 3. The van der Waals surface area contributed by atoms with Gasteiger partial charge in [0, 0.05) is 37.9 Å². The third-order valence-corrected chi connectivity index (χ3v) is 4.52. The van der Waals surface area contributed by atoms with E-state index in [0.29, 0.717) is 18.0 Å². The number of anilines is 1. The van der Waals surface area contributed by atoms with Crippen molar-refractivity contribution in [3.63, 3.8) is 0 Å². The molecule has 3 rings (SSSR count). The van der Waals surface area contributed by atoms with Gasteiger partial charge in [-0.1, -0.05) is 19.1 Å². The molecule has 104 valence electrons. The van der Waals surface area contributed by atoms with Crippen LogP contribution < -0.4 is 21.1 Å². The maximum atomic E-state index is 3.40. The second kappa shape index (κ2) is 5.49. The normalized spacial score (nSPS) is 31.7. The average Bonchev–Trinajstić information content (AvgIpc) is 2.80. The molecule has 19 heavy (non-hydrogen) atoms. The molecule has 2 saturated heterocycles. The highest BCUT2D eigenvalue weighted by Crippen LogP contribution is 2.29. The quantitative estimate of drug-likeness (QED) is 0.749. The fourth-order valence-electron chi connectivity index (χ4n) is 2.98. The highest BCUT2D eigenvalue weighted by atomic mass is 15.4. The molecule has 4 heteroatoms. The summed E-state index contributed by atoms with van der Waals surface area (Å²) >= 11 is 0. The van der Waals surface area contributed by atoms with Gasteiger partial charge in [0.2, 0.25) is 0 Å². The Bertz CT molecular complexity index is 411. The van der Waals surface area contributed by atoms with E-state index in [1.54, 1.807) is 0 Å². The van der Waals surface area contributed by atoms with Crippen molar-refractivity contribution in [1.29, 1.82) is 0 Å². The van der Waals surface area contributed by atoms with E-state index >= 15 is 0 Å². The minimum Gasteiger partial charge on any atom is -0.369 e. The Morgan fingerprint density at radius 1 is 1.00 bits per heavy atom. The van der Waals surface area contributed by atoms with Crippen LogP contribution in [0.4, 0.5) is 5.69 Å². The Balaban J connectivity index is 1.72. The predicted octanol–water partition coefficient (Wildman–Crippen LogP) is 1.27. The molecule has 3 atom stereocenters. The van der Waals surface area contributed by atoms with E-state index in [2.05, 4.69) is 59.2 Å². The highest BCUT2D eigenvalue weighted by Gasteiger charge is 2.30. The van der Waals surface area contributed by atoms with Gasteiger partial charge in [0.1, 0.15) is 0 Å². The minimum absolute atomic E-state index is 0.423. The van der Waals surface area contributed by atoms with Gasteiger partial charge in [-0.3, -0.25) is 5.43 Å². The Morgan fingerprint density at radius 3 is 2.26 bits per heavy atom. The summed E-state index contributed by atoms with van der Waals surface area (Å²) in [7, 11) is 0. The largest absolute Gasteiger partial charge is 0.369 e. The fraction of sp³-hybridized carbons (Fsp3) is 0.600. The van der Waals surface area contributed by atoms with Gasteiger partial charge < -0.3 is 10.2 Å². The van der Waals surface area contributed by atoms with E-state index in [9.17, 15) is 0 Å². The van der Waals surface area contributed by atoms with E-state index < -0.39 is 0 Å². The van der Waals surface area contributed by atoms with Crippen LogP contribution in [-0.2, 0) is 0 Å². The predicted molar refractivity (Wildman–Crippen MR) is 79.2 cm³/mol. The van der Waals surface area contributed by atoms with Gasteiger partial charge in [0.05, 0.1) is 6.04 Å². The number of piperazine rings is 1. The van der Waals surface area contributed by atoms with Crippen LogP contribution in [0.15, 0.2) is 24.3 Å². The molecule has 1 aromatic carbocycles. The number of nitrogens with one attached hydrogen (secondary N) is 3. The molecule has 4 nitrogen and oxygen atoms in total. The monoisotopic (exact) mass is 260 g/mol. The molecule has 0 radical (unpaired) electrons. The first kappa shape index (κ1) is 12.9. The van der Waals surface area contributed by atoms with Gasteiger partial charge >= 0.3 is 0 Å². The number of benzene rings is 1. The first-order valence-corrected chi connectivity index (χ1v) is 7.32. The van der Waals surface area contributed by atoms with Crippen LogP contribution in [0.25, 0.3) is 0 Å². The zero-order valence-electron chi connectivity index (χ0n) is 11.8. The average molecular weight is 260 g/mol. The maximum absolute atomic E-state index is 3.40. The van der Waals surface area contributed by atoms with Crippen LogP contribution in [0, 0.1) is 5.92 Å². The Morgan fingerprint density at radius 2 is 1.68 bits per heavy atom. The molecule has 0 spiro atoms. The molecule has 0 aromatic heterocycles. The summed E-state index contributed by atoms with van der Waals surface area (Å²) in [5.41, 5.74) is 9.45. The Labute approximate surface area is 115 Å². The lowest BCUT2D eigenvalue weighted by Crippen LogP contribution is -2.43. The van der Waals surface area contributed by atoms with Crippen molar-refractivity contribution in [2.45, 2.75) is 25.9 Å². The van der Waals surface area contributed by atoms with Crippen molar-refractivity contribution in [1.82, 2.24) is 16.2 Å². The van der Waals surface area contributed by atoms with Crippen molar-refractivity contribution in [3.8, 4) is 0 Å². The third kappa shape index (κ3) is 2.61. The van der Waals surface area contributed by atoms with E-state index in [-0.39, 0.29) is 0 Å². The summed E-state index contributed by atoms with van der Waals surface area (Å²) in [6.45, 7) is 8.92. The van der Waals surface area contributed by atoms with Crippen LogP contribution in [0.5, 0.6) is 0 Å². The molecule has 2 heterocycles. The highest BCUT2D eigenvalue weighted by molar-refractivity contribution is 5.48. The summed E-state index contributed by atoms with van der Waals surface area (Å²) in [4.78, 5) is 2.45. The summed E-state index contributed by atoms with van der Waals surface area (Å²) in [6, 6.07) is 10.0. The Kier molecular flexibility index (Phi) is 3.73. The molecule has 2 aliphatic heterocycles. The van der Waals surface area contributed by atoms with Gasteiger partial charge in [-0.25, -0.2) is 5.43 Å². The van der Waals surface area contributed by atoms with Crippen molar-refractivity contribution >= 4 is 5.69 Å². The molecule has 2 aliphatic rings. The molecule has 0 bridgehead atoms. The lowest BCUT2D eigenvalue weighted by atomic mass is 9.92. The smallest absolute Gasteiger partial charge is 0.0503 e. The minimum atomic E-state index is 0.423. The molecule has 2 fully saturated rings. The summed E-state index contributed by atoms with van der Waals surface area (Å²) in [5, 5.41) is 3.39. The molecular weight excluding hydrogens is 236 g/mol. The summed E-state index contributed by atoms with van der Waals surface area (Å²) in [6.07, 6.45) is 0. The van der Waals surface area contributed by atoms with E-state index in [0.717, 1.165) is 26.2 Å². The van der Waals surface area contributed by atoms with E-state index in [1.165, 1.54) is 11.3 Å². The van der Waals surface area contributed by atoms with Gasteiger partial charge in [0.25, 0.3) is 0 Å². The SMILES string of the molecule is CC1NNC(c2ccc(N3CCNCC3)cc2)C1C. The van der Waals surface area contributed by atoms with Crippen LogP contribution in [0.3, 0.4) is 0 Å². The number of rotatable bonds is 2. The van der Waals surface area contributed by atoms with Gasteiger partial charge in [-0.05, 0) is 30.5 Å². The Hall–Kier alpha value is -1.10. The lowest BCUT2D eigenvalue weighted by Gasteiger charge is -2.29. The second-order valence-electron chi connectivity index (χ2n) is 5.74.